The van der Waals surface area contributed by atoms with E-state index in [9.17, 15) is 14.7 Å². The number of hydrogen-bond acceptors (Lipinski definition) is 3. The van der Waals surface area contributed by atoms with E-state index in [0.717, 1.165) is 6.42 Å². The van der Waals surface area contributed by atoms with Crippen LogP contribution in [-0.2, 0) is 9.59 Å². The van der Waals surface area contributed by atoms with Gasteiger partial charge in [0.05, 0.1) is 12.0 Å². The average Bonchev–Trinajstić information content (AvgIpc) is 2.09. The predicted octanol–water partition coefficient (Wildman–Crippen LogP) is 1.79. The first-order valence-electron chi connectivity index (χ1n) is 6.62. The zero-order chi connectivity index (χ0) is 15.3. The van der Waals surface area contributed by atoms with E-state index >= 15 is 0 Å². The first kappa shape index (κ1) is 17.9. The summed E-state index contributed by atoms with van der Waals surface area (Å²) in [6.07, 6.45) is 0.942. The van der Waals surface area contributed by atoms with Gasteiger partial charge >= 0.3 is 5.97 Å². The molecule has 0 rings (SSSR count). The minimum Gasteiger partial charge on any atom is -0.481 e. The number of rotatable bonds is 7. The van der Waals surface area contributed by atoms with Gasteiger partial charge in [-0.3, -0.25) is 9.59 Å². The third-order valence-electron chi connectivity index (χ3n) is 2.69. The zero-order valence-corrected chi connectivity index (χ0v) is 12.6. The van der Waals surface area contributed by atoms with Crippen LogP contribution in [0.1, 0.15) is 53.9 Å². The van der Waals surface area contributed by atoms with Gasteiger partial charge in [0.2, 0.25) is 5.91 Å². The number of carboxylic acid groups (broad SMARTS) is 1. The standard InChI is InChI=1S/C14H27NO4/c1-10(7-13(2,3)4)6-11(16)15-9-14(5,19)8-12(17)18/h10,19H,6-9H2,1-5H3,(H,15,16)(H,17,18). The molecule has 0 radical (unpaired) electrons. The highest BCUT2D eigenvalue weighted by molar-refractivity contribution is 5.76. The van der Waals surface area contributed by atoms with Gasteiger partial charge in [0, 0.05) is 13.0 Å². The SMILES string of the molecule is CC(CC(=O)NCC(C)(O)CC(=O)O)CC(C)(C)C. The number of aliphatic carboxylic acids is 1. The summed E-state index contributed by atoms with van der Waals surface area (Å²) in [4.78, 5) is 22.2. The van der Waals surface area contributed by atoms with Crippen molar-refractivity contribution in [3.8, 4) is 0 Å². The molecule has 1 amide bonds. The molecule has 0 aliphatic heterocycles. The quantitative estimate of drug-likeness (QED) is 0.660. The van der Waals surface area contributed by atoms with Crippen LogP contribution >= 0.6 is 0 Å². The Bertz CT molecular complexity index is 318. The predicted molar refractivity (Wildman–Crippen MR) is 73.7 cm³/mol. The third-order valence-corrected chi connectivity index (χ3v) is 2.69. The Morgan fingerprint density at radius 2 is 1.74 bits per heavy atom. The molecule has 0 heterocycles. The van der Waals surface area contributed by atoms with Crippen molar-refractivity contribution in [2.45, 2.75) is 59.5 Å². The minimum absolute atomic E-state index is 0.0413. The number of hydrogen-bond donors (Lipinski definition) is 3. The van der Waals surface area contributed by atoms with Crippen LogP contribution < -0.4 is 5.32 Å². The van der Waals surface area contributed by atoms with Crippen LogP contribution in [0.4, 0.5) is 0 Å². The fourth-order valence-electron chi connectivity index (χ4n) is 2.18. The lowest BCUT2D eigenvalue weighted by Crippen LogP contribution is -2.42. The van der Waals surface area contributed by atoms with Crippen LogP contribution in [-0.4, -0.2) is 34.2 Å². The van der Waals surface area contributed by atoms with Gasteiger partial charge in [0.1, 0.15) is 0 Å². The van der Waals surface area contributed by atoms with E-state index in [4.69, 9.17) is 5.11 Å². The van der Waals surface area contributed by atoms with E-state index in [0.29, 0.717) is 6.42 Å². The van der Waals surface area contributed by atoms with Crippen molar-refractivity contribution < 1.29 is 19.8 Å². The van der Waals surface area contributed by atoms with Gasteiger partial charge in [-0.1, -0.05) is 27.7 Å². The lowest BCUT2D eigenvalue weighted by Gasteiger charge is -2.24. The van der Waals surface area contributed by atoms with Crippen molar-refractivity contribution in [1.82, 2.24) is 5.32 Å². The van der Waals surface area contributed by atoms with Crippen molar-refractivity contribution in [1.29, 1.82) is 0 Å². The third kappa shape index (κ3) is 10.5. The van der Waals surface area contributed by atoms with Gasteiger partial charge in [-0.2, -0.15) is 0 Å². The summed E-state index contributed by atoms with van der Waals surface area (Å²) in [5.74, 6) is -0.979. The van der Waals surface area contributed by atoms with E-state index in [-0.39, 0.29) is 30.2 Å². The van der Waals surface area contributed by atoms with Gasteiger partial charge < -0.3 is 15.5 Å². The van der Waals surface area contributed by atoms with Crippen LogP contribution in [0.3, 0.4) is 0 Å². The van der Waals surface area contributed by atoms with Crippen molar-refractivity contribution in [2.24, 2.45) is 11.3 Å². The summed E-state index contributed by atoms with van der Waals surface area (Å²) in [6.45, 7) is 9.75. The van der Waals surface area contributed by atoms with E-state index < -0.39 is 11.6 Å². The molecule has 5 heteroatoms. The second-order valence-electron chi connectivity index (χ2n) is 6.92. The maximum Gasteiger partial charge on any atom is 0.306 e. The molecule has 2 unspecified atom stereocenters. The van der Waals surface area contributed by atoms with Crippen LogP contribution in [0.25, 0.3) is 0 Å². The molecule has 0 saturated carbocycles. The van der Waals surface area contributed by atoms with Crippen LogP contribution in [0.5, 0.6) is 0 Å². The monoisotopic (exact) mass is 273 g/mol. The Balaban J connectivity index is 4.09. The van der Waals surface area contributed by atoms with Crippen molar-refractivity contribution in [3.63, 3.8) is 0 Å². The fourth-order valence-corrected chi connectivity index (χ4v) is 2.18. The number of aliphatic hydroxyl groups is 1. The molecule has 2 atom stereocenters. The van der Waals surface area contributed by atoms with Crippen molar-refractivity contribution in [2.75, 3.05) is 6.54 Å². The van der Waals surface area contributed by atoms with Gasteiger partial charge in [-0.05, 0) is 24.7 Å². The zero-order valence-electron chi connectivity index (χ0n) is 12.6. The first-order valence-corrected chi connectivity index (χ1v) is 6.62. The number of carbonyl (C=O) groups is 2. The van der Waals surface area contributed by atoms with Gasteiger partial charge in [-0.15, -0.1) is 0 Å². The van der Waals surface area contributed by atoms with E-state index in [1.165, 1.54) is 6.92 Å². The fraction of sp³-hybridized carbons (Fsp3) is 0.857. The van der Waals surface area contributed by atoms with E-state index in [1.807, 2.05) is 6.92 Å². The molecular formula is C14H27NO4. The molecule has 0 bridgehead atoms. The molecule has 5 nitrogen and oxygen atoms in total. The molecule has 0 fully saturated rings. The summed E-state index contributed by atoms with van der Waals surface area (Å²) in [6, 6.07) is 0. The smallest absolute Gasteiger partial charge is 0.306 e. The highest BCUT2D eigenvalue weighted by atomic mass is 16.4. The van der Waals surface area contributed by atoms with Gasteiger partial charge in [0.15, 0.2) is 0 Å². The topological polar surface area (TPSA) is 86.6 Å². The minimum atomic E-state index is -1.41. The molecule has 19 heavy (non-hydrogen) atoms. The molecule has 0 aromatic heterocycles. The highest BCUT2D eigenvalue weighted by Gasteiger charge is 2.25. The molecular weight excluding hydrogens is 246 g/mol. The average molecular weight is 273 g/mol. The Labute approximate surface area is 115 Å². The summed E-state index contributed by atoms with van der Waals surface area (Å²) in [5.41, 5.74) is -1.23. The van der Waals surface area contributed by atoms with Crippen molar-refractivity contribution in [3.05, 3.63) is 0 Å². The Hall–Kier alpha value is -1.10. The van der Waals surface area contributed by atoms with E-state index in [2.05, 4.69) is 26.1 Å². The Morgan fingerprint density at radius 3 is 2.16 bits per heavy atom. The maximum atomic E-state index is 11.7. The number of carbonyl (C=O) groups excluding carboxylic acids is 1. The molecule has 3 N–H and O–H groups in total. The summed E-state index contributed by atoms with van der Waals surface area (Å²) in [5, 5.41) is 21.0. The number of carboxylic acids is 1. The Kier molecular flexibility index (Phi) is 6.49. The summed E-state index contributed by atoms with van der Waals surface area (Å²) in [7, 11) is 0. The molecule has 0 aromatic carbocycles. The second-order valence-corrected chi connectivity index (χ2v) is 6.92. The molecule has 0 aliphatic carbocycles. The second kappa shape index (κ2) is 6.89. The van der Waals surface area contributed by atoms with Gasteiger partial charge in [0.25, 0.3) is 0 Å². The normalized spacial score (nSPS) is 16.5. The lowest BCUT2D eigenvalue weighted by atomic mass is 9.84. The maximum absolute atomic E-state index is 11.7. The lowest BCUT2D eigenvalue weighted by molar-refractivity contribution is -0.142. The molecule has 0 aliphatic rings. The largest absolute Gasteiger partial charge is 0.481 e. The molecule has 112 valence electrons. The number of amides is 1. The molecule has 0 saturated heterocycles. The summed E-state index contributed by atoms with van der Waals surface area (Å²) >= 11 is 0. The van der Waals surface area contributed by atoms with Gasteiger partial charge in [-0.25, -0.2) is 0 Å². The molecule has 0 aromatic rings. The van der Waals surface area contributed by atoms with E-state index in [1.54, 1.807) is 0 Å². The van der Waals surface area contributed by atoms with Crippen LogP contribution in [0, 0.1) is 11.3 Å². The molecule has 0 spiro atoms. The van der Waals surface area contributed by atoms with Crippen molar-refractivity contribution >= 4 is 11.9 Å². The highest BCUT2D eigenvalue weighted by Crippen LogP contribution is 2.25. The Morgan fingerprint density at radius 1 is 1.21 bits per heavy atom. The first-order chi connectivity index (χ1) is 8.41. The van der Waals surface area contributed by atoms with Crippen LogP contribution in [0.15, 0.2) is 0 Å². The van der Waals surface area contributed by atoms with Crippen LogP contribution in [0.2, 0.25) is 0 Å². The summed E-state index contributed by atoms with van der Waals surface area (Å²) < 4.78 is 0. The number of nitrogens with one attached hydrogen (secondary N) is 1.